The number of aliphatic hydroxyl groups excluding tert-OH is 1. The van der Waals surface area contributed by atoms with Gasteiger partial charge in [-0.3, -0.25) is 0 Å². The van der Waals surface area contributed by atoms with E-state index in [1.54, 1.807) is 18.2 Å². The second-order valence-electron chi connectivity index (χ2n) is 2.82. The van der Waals surface area contributed by atoms with E-state index in [1.807, 2.05) is 6.07 Å². The maximum absolute atomic E-state index is 9.10. The Kier molecular flexibility index (Phi) is 5.46. The molecule has 0 fully saturated rings. The van der Waals surface area contributed by atoms with E-state index in [0.717, 1.165) is 5.56 Å². The summed E-state index contributed by atoms with van der Waals surface area (Å²) in [5, 5.41) is 17.8. The molecule has 0 aliphatic heterocycles. The molecule has 4 heteroatoms. The number of hydrogen-bond donors (Lipinski definition) is 3. The van der Waals surface area contributed by atoms with Crippen molar-refractivity contribution in [1.29, 1.82) is 0 Å². The van der Waals surface area contributed by atoms with E-state index in [-0.39, 0.29) is 30.8 Å². The van der Waals surface area contributed by atoms with Gasteiger partial charge in [0, 0.05) is 6.04 Å². The van der Waals surface area contributed by atoms with Crippen LogP contribution in [0.1, 0.15) is 5.56 Å². The van der Waals surface area contributed by atoms with Gasteiger partial charge in [0.15, 0.2) is 0 Å². The molecule has 1 atom stereocenters. The summed E-state index contributed by atoms with van der Waals surface area (Å²) in [5.74, 6) is 0.234. The van der Waals surface area contributed by atoms with Crippen LogP contribution in [0.3, 0.4) is 0 Å². The van der Waals surface area contributed by atoms with Crippen molar-refractivity contribution >= 4 is 12.4 Å². The lowest BCUT2D eigenvalue weighted by atomic mass is 10.1. The first-order valence-corrected chi connectivity index (χ1v) is 3.86. The van der Waals surface area contributed by atoms with Crippen molar-refractivity contribution in [3.05, 3.63) is 29.8 Å². The molecule has 1 aromatic rings. The highest BCUT2D eigenvalue weighted by atomic mass is 35.5. The summed E-state index contributed by atoms with van der Waals surface area (Å²) < 4.78 is 0. The van der Waals surface area contributed by atoms with Crippen molar-refractivity contribution in [1.82, 2.24) is 0 Å². The molecule has 0 saturated carbocycles. The lowest BCUT2D eigenvalue weighted by Gasteiger charge is -2.07. The van der Waals surface area contributed by atoms with Crippen molar-refractivity contribution in [2.45, 2.75) is 12.5 Å². The number of hydrogen-bond acceptors (Lipinski definition) is 3. The molecule has 0 aliphatic carbocycles. The second kappa shape index (κ2) is 5.80. The van der Waals surface area contributed by atoms with Crippen LogP contribution in [0.15, 0.2) is 24.3 Å². The van der Waals surface area contributed by atoms with E-state index in [0.29, 0.717) is 6.42 Å². The molecule has 3 nitrogen and oxygen atoms in total. The lowest BCUT2D eigenvalue weighted by molar-refractivity contribution is 0.265. The molecule has 1 aromatic carbocycles. The van der Waals surface area contributed by atoms with Crippen LogP contribution >= 0.6 is 12.4 Å². The zero-order valence-electron chi connectivity index (χ0n) is 7.18. The first-order valence-electron chi connectivity index (χ1n) is 3.86. The summed E-state index contributed by atoms with van der Waals surface area (Å²) in [4.78, 5) is 0. The van der Waals surface area contributed by atoms with Gasteiger partial charge in [0.05, 0.1) is 6.61 Å². The first-order chi connectivity index (χ1) is 5.72. The Labute approximate surface area is 83.6 Å². The van der Waals surface area contributed by atoms with Crippen molar-refractivity contribution in [2.75, 3.05) is 6.61 Å². The predicted molar refractivity (Wildman–Crippen MR) is 54.1 cm³/mol. The Hall–Kier alpha value is -0.770. The molecule has 0 unspecified atom stereocenters. The fraction of sp³-hybridized carbons (Fsp3) is 0.333. The van der Waals surface area contributed by atoms with Gasteiger partial charge < -0.3 is 15.9 Å². The predicted octanol–water partition coefficient (Wildman–Crippen LogP) is 0.676. The van der Waals surface area contributed by atoms with Gasteiger partial charge in [0.25, 0.3) is 0 Å². The monoisotopic (exact) mass is 203 g/mol. The molecule has 0 radical (unpaired) electrons. The van der Waals surface area contributed by atoms with Crippen molar-refractivity contribution in [2.24, 2.45) is 5.73 Å². The number of benzene rings is 1. The summed E-state index contributed by atoms with van der Waals surface area (Å²) in [6.07, 6.45) is 0.588. The van der Waals surface area contributed by atoms with Gasteiger partial charge in [-0.2, -0.15) is 0 Å². The summed E-state index contributed by atoms with van der Waals surface area (Å²) in [6.45, 7) is -0.0321. The minimum Gasteiger partial charge on any atom is -0.508 e. The SMILES string of the molecule is Cl.N[C@@H](CO)Cc1cccc(O)c1. The molecule has 74 valence electrons. The number of rotatable bonds is 3. The third-order valence-electron chi connectivity index (χ3n) is 1.64. The van der Waals surface area contributed by atoms with Crippen LogP contribution in [0.4, 0.5) is 0 Å². The molecule has 1 rings (SSSR count). The summed E-state index contributed by atoms with van der Waals surface area (Å²) in [5.41, 5.74) is 6.46. The van der Waals surface area contributed by atoms with Gasteiger partial charge in [-0.05, 0) is 24.1 Å². The van der Waals surface area contributed by atoms with Gasteiger partial charge >= 0.3 is 0 Å². The molecule has 0 heterocycles. The van der Waals surface area contributed by atoms with Crippen LogP contribution in [0, 0.1) is 0 Å². The van der Waals surface area contributed by atoms with Crippen LogP contribution in [0.25, 0.3) is 0 Å². The molecule has 0 aromatic heterocycles. The number of aromatic hydroxyl groups is 1. The number of halogens is 1. The third kappa shape index (κ3) is 4.12. The maximum atomic E-state index is 9.10. The highest BCUT2D eigenvalue weighted by Crippen LogP contribution is 2.11. The van der Waals surface area contributed by atoms with Crippen molar-refractivity contribution in [3.8, 4) is 5.75 Å². The van der Waals surface area contributed by atoms with Gasteiger partial charge in [0.2, 0.25) is 0 Å². The summed E-state index contributed by atoms with van der Waals surface area (Å²) >= 11 is 0. The molecule has 0 amide bonds. The van der Waals surface area contributed by atoms with Gasteiger partial charge in [-0.25, -0.2) is 0 Å². The van der Waals surface area contributed by atoms with Crippen molar-refractivity contribution < 1.29 is 10.2 Å². The Bertz CT molecular complexity index is 255. The standard InChI is InChI=1S/C9H13NO2.ClH/c10-8(6-11)4-7-2-1-3-9(12)5-7;/h1-3,5,8,11-12H,4,6,10H2;1H/t8-;/m1./s1. The van der Waals surface area contributed by atoms with E-state index >= 15 is 0 Å². The topological polar surface area (TPSA) is 66.5 Å². The summed E-state index contributed by atoms with van der Waals surface area (Å²) in [7, 11) is 0. The maximum Gasteiger partial charge on any atom is 0.115 e. The highest BCUT2D eigenvalue weighted by Gasteiger charge is 2.01. The second-order valence-corrected chi connectivity index (χ2v) is 2.82. The Morgan fingerprint density at radius 3 is 2.62 bits per heavy atom. The fourth-order valence-electron chi connectivity index (χ4n) is 1.05. The zero-order valence-corrected chi connectivity index (χ0v) is 8.00. The molecule has 0 saturated heterocycles. The lowest BCUT2D eigenvalue weighted by Crippen LogP contribution is -2.26. The summed E-state index contributed by atoms with van der Waals surface area (Å²) in [6, 6.07) is 6.64. The van der Waals surface area contributed by atoms with E-state index in [2.05, 4.69) is 0 Å². The van der Waals surface area contributed by atoms with Crippen LogP contribution in [0.5, 0.6) is 5.75 Å². The van der Waals surface area contributed by atoms with Gasteiger partial charge in [-0.15, -0.1) is 12.4 Å². The van der Waals surface area contributed by atoms with Crippen LogP contribution in [-0.4, -0.2) is 22.9 Å². The van der Waals surface area contributed by atoms with E-state index in [4.69, 9.17) is 15.9 Å². The van der Waals surface area contributed by atoms with E-state index in [1.165, 1.54) is 0 Å². The number of aliphatic hydroxyl groups is 1. The van der Waals surface area contributed by atoms with Crippen LogP contribution < -0.4 is 5.73 Å². The normalized spacial score (nSPS) is 11.8. The largest absolute Gasteiger partial charge is 0.508 e. The quantitative estimate of drug-likeness (QED) is 0.677. The first kappa shape index (κ1) is 12.2. The van der Waals surface area contributed by atoms with Gasteiger partial charge in [-0.1, -0.05) is 12.1 Å². The molecule has 0 aliphatic rings. The number of nitrogens with two attached hydrogens (primary N) is 1. The molecule has 13 heavy (non-hydrogen) atoms. The molecule has 4 N–H and O–H groups in total. The minimum absolute atomic E-state index is 0. The molecular weight excluding hydrogens is 190 g/mol. The Morgan fingerprint density at radius 1 is 1.38 bits per heavy atom. The van der Waals surface area contributed by atoms with E-state index in [9.17, 15) is 0 Å². The average Bonchev–Trinajstić information content (AvgIpc) is 2.04. The van der Waals surface area contributed by atoms with E-state index < -0.39 is 0 Å². The Balaban J connectivity index is 0.00000144. The minimum atomic E-state index is -0.244. The van der Waals surface area contributed by atoms with Crippen LogP contribution in [0.2, 0.25) is 0 Å². The molecular formula is C9H14ClNO2. The van der Waals surface area contributed by atoms with Crippen molar-refractivity contribution in [3.63, 3.8) is 0 Å². The highest BCUT2D eigenvalue weighted by molar-refractivity contribution is 5.85. The number of phenolic OH excluding ortho intramolecular Hbond substituents is 1. The third-order valence-corrected chi connectivity index (χ3v) is 1.64. The zero-order chi connectivity index (χ0) is 8.97. The average molecular weight is 204 g/mol. The Morgan fingerprint density at radius 2 is 2.08 bits per heavy atom. The molecule has 0 bridgehead atoms. The van der Waals surface area contributed by atoms with Gasteiger partial charge in [0.1, 0.15) is 5.75 Å². The molecule has 0 spiro atoms. The van der Waals surface area contributed by atoms with Crippen LogP contribution in [-0.2, 0) is 6.42 Å². The smallest absolute Gasteiger partial charge is 0.115 e. The fourth-order valence-corrected chi connectivity index (χ4v) is 1.05. The number of phenols is 1.